The number of aromatic nitrogens is 3. The van der Waals surface area contributed by atoms with Crippen molar-refractivity contribution in [2.75, 3.05) is 0 Å². The second-order valence-electron chi connectivity index (χ2n) is 7.14. The SMILES string of the molecule is c1ccc(CCc2nc(C3[C@@H]4[C@H]5CC[C@H](C5)[C@H]34)n[nH]2)cc1. The van der Waals surface area contributed by atoms with Crippen molar-refractivity contribution in [2.45, 2.75) is 38.0 Å². The molecule has 2 bridgehead atoms. The second kappa shape index (κ2) is 4.43. The van der Waals surface area contributed by atoms with E-state index in [0.717, 1.165) is 48.2 Å². The molecular formula is C18H21N3. The van der Waals surface area contributed by atoms with E-state index in [0.29, 0.717) is 5.92 Å². The Labute approximate surface area is 125 Å². The van der Waals surface area contributed by atoms with E-state index in [1.54, 1.807) is 0 Å². The van der Waals surface area contributed by atoms with E-state index in [2.05, 4.69) is 40.5 Å². The zero-order valence-corrected chi connectivity index (χ0v) is 12.2. The number of rotatable bonds is 4. The van der Waals surface area contributed by atoms with E-state index >= 15 is 0 Å². The molecule has 1 N–H and O–H groups in total. The van der Waals surface area contributed by atoms with E-state index in [1.807, 2.05) is 0 Å². The number of aromatic amines is 1. The minimum absolute atomic E-state index is 0.693. The summed E-state index contributed by atoms with van der Waals surface area (Å²) in [5.74, 6) is 6.73. The number of H-pyrrole nitrogens is 1. The Hall–Kier alpha value is -1.64. The van der Waals surface area contributed by atoms with Crippen LogP contribution in [0.15, 0.2) is 30.3 Å². The van der Waals surface area contributed by atoms with Gasteiger partial charge in [-0.3, -0.25) is 5.10 Å². The van der Waals surface area contributed by atoms with Crippen molar-refractivity contribution in [1.82, 2.24) is 15.2 Å². The van der Waals surface area contributed by atoms with Crippen LogP contribution in [0.5, 0.6) is 0 Å². The molecule has 3 aliphatic carbocycles. The molecule has 5 rings (SSSR count). The fourth-order valence-electron chi connectivity index (χ4n) is 5.15. The largest absolute Gasteiger partial charge is 0.263 e. The first kappa shape index (κ1) is 12.0. The first-order valence-corrected chi connectivity index (χ1v) is 8.35. The van der Waals surface area contributed by atoms with Crippen LogP contribution >= 0.6 is 0 Å². The summed E-state index contributed by atoms with van der Waals surface area (Å²) in [4.78, 5) is 4.80. The summed E-state index contributed by atoms with van der Waals surface area (Å²) in [6.45, 7) is 0. The van der Waals surface area contributed by atoms with Crippen molar-refractivity contribution >= 4 is 0 Å². The highest BCUT2D eigenvalue weighted by atomic mass is 15.2. The summed E-state index contributed by atoms with van der Waals surface area (Å²) in [5, 5.41) is 7.71. The normalized spacial score (nSPS) is 35.9. The molecule has 0 amide bonds. The molecule has 1 aromatic carbocycles. The molecule has 108 valence electrons. The predicted molar refractivity (Wildman–Crippen MR) is 80.8 cm³/mol. The van der Waals surface area contributed by atoms with Gasteiger partial charge in [0.15, 0.2) is 5.82 Å². The molecule has 21 heavy (non-hydrogen) atoms. The van der Waals surface area contributed by atoms with Gasteiger partial charge in [-0.2, -0.15) is 5.10 Å². The predicted octanol–water partition coefficient (Wildman–Crippen LogP) is 3.35. The number of nitrogens with zero attached hydrogens (tertiary/aromatic N) is 2. The van der Waals surface area contributed by atoms with Crippen molar-refractivity contribution in [3.8, 4) is 0 Å². The van der Waals surface area contributed by atoms with Crippen LogP contribution in [0.4, 0.5) is 0 Å². The lowest BCUT2D eigenvalue weighted by Crippen LogP contribution is -1.99. The zero-order valence-electron chi connectivity index (χ0n) is 12.2. The molecule has 0 aliphatic heterocycles. The van der Waals surface area contributed by atoms with Crippen LogP contribution < -0.4 is 0 Å². The third-order valence-corrected chi connectivity index (χ3v) is 6.08. The maximum atomic E-state index is 4.80. The summed E-state index contributed by atoms with van der Waals surface area (Å²) < 4.78 is 0. The average Bonchev–Trinajstić information content (AvgIpc) is 2.91. The van der Waals surface area contributed by atoms with Gasteiger partial charge < -0.3 is 0 Å². The van der Waals surface area contributed by atoms with E-state index < -0.39 is 0 Å². The van der Waals surface area contributed by atoms with Gasteiger partial charge in [0.1, 0.15) is 5.82 Å². The van der Waals surface area contributed by atoms with Crippen molar-refractivity contribution in [2.24, 2.45) is 23.7 Å². The molecule has 1 aromatic heterocycles. The lowest BCUT2D eigenvalue weighted by atomic mass is 10.0. The highest BCUT2D eigenvalue weighted by molar-refractivity contribution is 5.24. The molecule has 3 fully saturated rings. The minimum Gasteiger partial charge on any atom is -0.263 e. The van der Waals surface area contributed by atoms with Crippen molar-refractivity contribution in [1.29, 1.82) is 0 Å². The quantitative estimate of drug-likeness (QED) is 0.932. The molecular weight excluding hydrogens is 258 g/mol. The Morgan fingerprint density at radius 1 is 1.00 bits per heavy atom. The van der Waals surface area contributed by atoms with Gasteiger partial charge >= 0.3 is 0 Å². The van der Waals surface area contributed by atoms with Crippen molar-refractivity contribution in [3.05, 3.63) is 47.5 Å². The molecule has 5 atom stereocenters. The second-order valence-corrected chi connectivity index (χ2v) is 7.14. The Bertz CT molecular complexity index is 631. The first-order valence-electron chi connectivity index (χ1n) is 8.35. The molecule has 3 heteroatoms. The third-order valence-electron chi connectivity index (χ3n) is 6.08. The van der Waals surface area contributed by atoms with Crippen LogP contribution in [-0.4, -0.2) is 15.2 Å². The molecule has 1 heterocycles. The van der Waals surface area contributed by atoms with Crippen LogP contribution in [-0.2, 0) is 12.8 Å². The average molecular weight is 279 g/mol. The Morgan fingerprint density at radius 2 is 1.76 bits per heavy atom. The fourth-order valence-corrected chi connectivity index (χ4v) is 5.15. The van der Waals surface area contributed by atoms with Gasteiger partial charge in [-0.05, 0) is 54.9 Å². The molecule has 3 saturated carbocycles. The van der Waals surface area contributed by atoms with E-state index in [1.165, 1.54) is 24.8 Å². The minimum atomic E-state index is 0.693. The maximum Gasteiger partial charge on any atom is 0.154 e. The number of aryl methyl sites for hydroxylation is 2. The number of benzene rings is 1. The van der Waals surface area contributed by atoms with Crippen LogP contribution in [0.1, 0.15) is 42.4 Å². The number of hydrogen-bond acceptors (Lipinski definition) is 2. The monoisotopic (exact) mass is 279 g/mol. The van der Waals surface area contributed by atoms with Crippen LogP contribution in [0, 0.1) is 23.7 Å². The van der Waals surface area contributed by atoms with Gasteiger partial charge in [0.2, 0.25) is 0 Å². The Morgan fingerprint density at radius 3 is 2.52 bits per heavy atom. The van der Waals surface area contributed by atoms with Gasteiger partial charge in [-0.15, -0.1) is 0 Å². The smallest absolute Gasteiger partial charge is 0.154 e. The van der Waals surface area contributed by atoms with Gasteiger partial charge in [0.25, 0.3) is 0 Å². The van der Waals surface area contributed by atoms with E-state index in [9.17, 15) is 0 Å². The summed E-state index contributed by atoms with van der Waals surface area (Å²) in [7, 11) is 0. The summed E-state index contributed by atoms with van der Waals surface area (Å²) in [6, 6.07) is 10.6. The first-order chi connectivity index (χ1) is 10.4. The van der Waals surface area contributed by atoms with E-state index in [-0.39, 0.29) is 0 Å². The molecule has 2 aromatic rings. The van der Waals surface area contributed by atoms with Gasteiger partial charge in [-0.1, -0.05) is 30.3 Å². The number of nitrogens with one attached hydrogen (secondary N) is 1. The Balaban J connectivity index is 1.26. The summed E-state index contributed by atoms with van der Waals surface area (Å²) in [5.41, 5.74) is 1.37. The molecule has 3 nitrogen and oxygen atoms in total. The Kier molecular flexibility index (Phi) is 2.52. The summed E-state index contributed by atoms with van der Waals surface area (Å²) in [6.07, 6.45) is 6.43. The van der Waals surface area contributed by atoms with Crippen LogP contribution in [0.25, 0.3) is 0 Å². The van der Waals surface area contributed by atoms with Crippen molar-refractivity contribution < 1.29 is 0 Å². The van der Waals surface area contributed by atoms with Crippen LogP contribution in [0.2, 0.25) is 0 Å². The standard InChI is InChI=1S/C18H21N3/c1-2-4-11(5-3-1)6-9-14-19-18(21-20-14)17-15-12-7-8-13(10-12)16(15)17/h1-5,12-13,15-17H,6-10H2,(H,19,20,21)/t12-,13+,15+,16-,17?. The third kappa shape index (κ3) is 1.86. The lowest BCUT2D eigenvalue weighted by molar-refractivity contribution is 0.456. The lowest BCUT2D eigenvalue weighted by Gasteiger charge is -2.04. The highest BCUT2D eigenvalue weighted by Crippen LogP contribution is 2.72. The molecule has 3 aliphatic rings. The number of hydrogen-bond donors (Lipinski definition) is 1. The fraction of sp³-hybridized carbons (Fsp3) is 0.556. The van der Waals surface area contributed by atoms with Crippen LogP contribution in [0.3, 0.4) is 0 Å². The van der Waals surface area contributed by atoms with Crippen molar-refractivity contribution in [3.63, 3.8) is 0 Å². The molecule has 0 spiro atoms. The van der Waals surface area contributed by atoms with Gasteiger partial charge in [0.05, 0.1) is 0 Å². The van der Waals surface area contributed by atoms with E-state index in [4.69, 9.17) is 4.98 Å². The topological polar surface area (TPSA) is 41.6 Å². The highest BCUT2D eigenvalue weighted by Gasteiger charge is 2.66. The zero-order chi connectivity index (χ0) is 13.8. The summed E-state index contributed by atoms with van der Waals surface area (Å²) >= 11 is 0. The van der Waals surface area contributed by atoms with Gasteiger partial charge in [0, 0.05) is 12.3 Å². The van der Waals surface area contributed by atoms with Gasteiger partial charge in [-0.25, -0.2) is 4.98 Å². The molecule has 0 saturated heterocycles. The molecule has 1 unspecified atom stereocenters. The molecule has 0 radical (unpaired) electrons. The maximum absolute atomic E-state index is 4.80. The number of fused-ring (bicyclic) bond motifs is 5.